The lowest BCUT2D eigenvalue weighted by atomic mass is 9.75. The van der Waals surface area contributed by atoms with E-state index in [1.165, 1.54) is 58.3 Å². The van der Waals surface area contributed by atoms with Gasteiger partial charge in [0.25, 0.3) is 0 Å². The van der Waals surface area contributed by atoms with Gasteiger partial charge in [0.15, 0.2) is 0 Å². The first kappa shape index (κ1) is 16.3. The summed E-state index contributed by atoms with van der Waals surface area (Å²) in [6.07, 6.45) is 6.86. The maximum atomic E-state index is 3.74. The molecule has 1 unspecified atom stereocenters. The molecular weight excluding hydrogens is 244 g/mol. The molecule has 20 heavy (non-hydrogen) atoms. The van der Waals surface area contributed by atoms with Gasteiger partial charge < -0.3 is 10.2 Å². The van der Waals surface area contributed by atoms with Gasteiger partial charge in [-0.05, 0) is 61.9 Å². The fourth-order valence-corrected chi connectivity index (χ4v) is 3.47. The molecule has 1 aliphatic carbocycles. The lowest BCUT2D eigenvalue weighted by molar-refractivity contribution is 0.0774. The van der Waals surface area contributed by atoms with Crippen LogP contribution < -0.4 is 5.32 Å². The minimum absolute atomic E-state index is 0.456. The summed E-state index contributed by atoms with van der Waals surface area (Å²) >= 11 is 0. The number of nitrogens with one attached hydrogen (secondary N) is 1. The number of hydrogen-bond acceptors (Lipinski definition) is 2. The Hall–Kier alpha value is -0.0800. The molecule has 1 heterocycles. The van der Waals surface area contributed by atoms with Gasteiger partial charge in [-0.25, -0.2) is 0 Å². The summed E-state index contributed by atoms with van der Waals surface area (Å²) in [4.78, 5) is 2.72. The van der Waals surface area contributed by atoms with Crippen molar-refractivity contribution in [3.63, 3.8) is 0 Å². The van der Waals surface area contributed by atoms with Gasteiger partial charge in [-0.2, -0.15) is 0 Å². The summed E-state index contributed by atoms with van der Waals surface area (Å²) in [6.45, 7) is 17.1. The number of rotatable bonds is 6. The van der Waals surface area contributed by atoms with Crippen LogP contribution in [0.2, 0.25) is 0 Å². The SMILES string of the molecule is CCC(C)(CNC1CC1)CN1CCC(C(C)(C)C)CC1. The van der Waals surface area contributed by atoms with Crippen molar-refractivity contribution < 1.29 is 0 Å². The average molecular weight is 280 g/mol. The van der Waals surface area contributed by atoms with E-state index in [0.29, 0.717) is 10.8 Å². The second-order valence-electron chi connectivity index (χ2n) is 8.74. The molecular formula is C18H36N2. The average Bonchev–Trinajstić information content (AvgIpc) is 3.20. The molecule has 0 amide bonds. The zero-order valence-electron chi connectivity index (χ0n) is 14.5. The highest BCUT2D eigenvalue weighted by molar-refractivity contribution is 4.88. The standard InChI is InChI=1S/C18H36N2/c1-6-18(5,13-19-16-7-8-16)14-20-11-9-15(10-12-20)17(2,3)4/h15-16,19H,6-14H2,1-5H3. The van der Waals surface area contributed by atoms with Crippen LogP contribution in [0.1, 0.15) is 66.7 Å². The Morgan fingerprint density at radius 3 is 2.05 bits per heavy atom. The van der Waals surface area contributed by atoms with Crippen molar-refractivity contribution in [1.82, 2.24) is 10.2 Å². The van der Waals surface area contributed by atoms with Crippen LogP contribution in [-0.2, 0) is 0 Å². The van der Waals surface area contributed by atoms with Crippen LogP contribution in [-0.4, -0.2) is 37.1 Å². The van der Waals surface area contributed by atoms with E-state index in [9.17, 15) is 0 Å². The molecule has 1 atom stereocenters. The van der Waals surface area contributed by atoms with Crippen molar-refractivity contribution in [2.45, 2.75) is 72.8 Å². The molecule has 2 fully saturated rings. The zero-order valence-corrected chi connectivity index (χ0v) is 14.5. The highest BCUT2D eigenvalue weighted by atomic mass is 15.1. The Balaban J connectivity index is 1.77. The number of hydrogen-bond donors (Lipinski definition) is 1. The van der Waals surface area contributed by atoms with Crippen LogP contribution in [0.3, 0.4) is 0 Å². The van der Waals surface area contributed by atoms with Gasteiger partial charge >= 0.3 is 0 Å². The Labute approximate surface area is 126 Å². The molecule has 0 aromatic rings. The van der Waals surface area contributed by atoms with Crippen LogP contribution in [0.25, 0.3) is 0 Å². The van der Waals surface area contributed by atoms with Crippen LogP contribution in [0, 0.1) is 16.7 Å². The minimum atomic E-state index is 0.456. The van der Waals surface area contributed by atoms with Crippen molar-refractivity contribution in [3.05, 3.63) is 0 Å². The maximum absolute atomic E-state index is 3.74. The third kappa shape index (κ3) is 4.73. The van der Waals surface area contributed by atoms with E-state index in [1.807, 2.05) is 0 Å². The van der Waals surface area contributed by atoms with Crippen molar-refractivity contribution in [2.24, 2.45) is 16.7 Å². The molecule has 1 saturated carbocycles. The first-order chi connectivity index (χ1) is 9.32. The van der Waals surface area contributed by atoms with Crippen LogP contribution >= 0.6 is 0 Å². The Kier molecular flexibility index (Phi) is 5.18. The lowest BCUT2D eigenvalue weighted by Gasteiger charge is -2.42. The Morgan fingerprint density at radius 2 is 1.60 bits per heavy atom. The predicted molar refractivity (Wildman–Crippen MR) is 88.0 cm³/mol. The molecule has 0 radical (unpaired) electrons. The van der Waals surface area contributed by atoms with Gasteiger partial charge in [0.05, 0.1) is 0 Å². The number of likely N-dealkylation sites (tertiary alicyclic amines) is 1. The van der Waals surface area contributed by atoms with Crippen LogP contribution in [0.4, 0.5) is 0 Å². The Bertz CT molecular complexity index is 295. The van der Waals surface area contributed by atoms with Gasteiger partial charge in [-0.3, -0.25) is 0 Å². The van der Waals surface area contributed by atoms with Crippen molar-refractivity contribution in [1.29, 1.82) is 0 Å². The van der Waals surface area contributed by atoms with Crippen molar-refractivity contribution in [2.75, 3.05) is 26.2 Å². The lowest BCUT2D eigenvalue weighted by Crippen LogP contribution is -2.46. The molecule has 0 aromatic carbocycles. The van der Waals surface area contributed by atoms with E-state index < -0.39 is 0 Å². The van der Waals surface area contributed by atoms with Gasteiger partial charge in [-0.15, -0.1) is 0 Å². The molecule has 0 bridgehead atoms. The molecule has 1 saturated heterocycles. The number of nitrogens with zero attached hydrogens (tertiary/aromatic N) is 1. The monoisotopic (exact) mass is 280 g/mol. The summed E-state index contributed by atoms with van der Waals surface area (Å²) in [5.41, 5.74) is 0.949. The zero-order chi connectivity index (χ0) is 14.8. The normalized spacial score (nSPS) is 25.6. The second kappa shape index (κ2) is 6.36. The third-order valence-electron chi connectivity index (χ3n) is 5.67. The summed E-state index contributed by atoms with van der Waals surface area (Å²) in [5.74, 6) is 0.913. The van der Waals surface area contributed by atoms with Gasteiger partial charge in [0, 0.05) is 19.1 Å². The molecule has 0 aromatic heterocycles. The maximum Gasteiger partial charge on any atom is 0.00684 e. The summed E-state index contributed by atoms with van der Waals surface area (Å²) in [7, 11) is 0. The molecule has 2 rings (SSSR count). The van der Waals surface area contributed by atoms with Crippen molar-refractivity contribution in [3.8, 4) is 0 Å². The minimum Gasteiger partial charge on any atom is -0.313 e. The highest BCUT2D eigenvalue weighted by Crippen LogP contribution is 2.35. The second-order valence-corrected chi connectivity index (χ2v) is 8.74. The molecule has 118 valence electrons. The first-order valence-corrected chi connectivity index (χ1v) is 8.78. The largest absolute Gasteiger partial charge is 0.313 e. The smallest absolute Gasteiger partial charge is 0.00684 e. The molecule has 2 heteroatoms. The first-order valence-electron chi connectivity index (χ1n) is 8.78. The molecule has 2 aliphatic rings. The van der Waals surface area contributed by atoms with E-state index in [4.69, 9.17) is 0 Å². The van der Waals surface area contributed by atoms with E-state index in [-0.39, 0.29) is 0 Å². The van der Waals surface area contributed by atoms with Gasteiger partial charge in [0.2, 0.25) is 0 Å². The Morgan fingerprint density at radius 1 is 1.00 bits per heavy atom. The van der Waals surface area contributed by atoms with E-state index >= 15 is 0 Å². The van der Waals surface area contributed by atoms with Gasteiger partial charge in [0.1, 0.15) is 0 Å². The van der Waals surface area contributed by atoms with E-state index in [1.54, 1.807) is 0 Å². The fraction of sp³-hybridized carbons (Fsp3) is 1.00. The summed E-state index contributed by atoms with van der Waals surface area (Å²) < 4.78 is 0. The summed E-state index contributed by atoms with van der Waals surface area (Å²) in [6, 6.07) is 0.840. The fourth-order valence-electron chi connectivity index (χ4n) is 3.47. The quantitative estimate of drug-likeness (QED) is 0.793. The van der Waals surface area contributed by atoms with Crippen LogP contribution in [0.15, 0.2) is 0 Å². The predicted octanol–water partition coefficient (Wildman–Crippen LogP) is 3.91. The topological polar surface area (TPSA) is 15.3 Å². The third-order valence-corrected chi connectivity index (χ3v) is 5.67. The molecule has 1 N–H and O–H groups in total. The van der Waals surface area contributed by atoms with Crippen molar-refractivity contribution >= 4 is 0 Å². The van der Waals surface area contributed by atoms with E-state index in [2.05, 4.69) is 44.8 Å². The highest BCUT2D eigenvalue weighted by Gasteiger charge is 2.33. The number of piperidine rings is 1. The van der Waals surface area contributed by atoms with Crippen LogP contribution in [0.5, 0.6) is 0 Å². The summed E-state index contributed by atoms with van der Waals surface area (Å²) in [5, 5.41) is 3.74. The molecule has 2 nitrogen and oxygen atoms in total. The molecule has 1 aliphatic heterocycles. The van der Waals surface area contributed by atoms with Gasteiger partial charge in [-0.1, -0.05) is 34.6 Å². The van der Waals surface area contributed by atoms with E-state index in [0.717, 1.165) is 12.0 Å². The molecule has 0 spiro atoms.